The Morgan fingerprint density at radius 1 is 0.962 bits per heavy atom. The number of benzene rings is 3. The van der Waals surface area contributed by atoms with Crippen LogP contribution in [0.15, 0.2) is 72.9 Å². The van der Waals surface area contributed by atoms with Gasteiger partial charge in [-0.1, -0.05) is 24.3 Å². The van der Waals surface area contributed by atoms with Crippen molar-refractivity contribution in [2.24, 2.45) is 0 Å². The van der Waals surface area contributed by atoms with E-state index in [1.165, 1.54) is 0 Å². The first-order valence-corrected chi connectivity index (χ1v) is 8.08. The lowest BCUT2D eigenvalue weighted by Crippen LogP contribution is -2.11. The van der Waals surface area contributed by atoms with Crippen molar-refractivity contribution >= 4 is 22.5 Å². The summed E-state index contributed by atoms with van der Waals surface area (Å²) in [5, 5.41) is 19.6. The third-order valence-corrected chi connectivity index (χ3v) is 4.19. The summed E-state index contributed by atoms with van der Waals surface area (Å²) in [6, 6.07) is 22.4. The molecule has 5 heteroatoms. The third kappa shape index (κ3) is 3.04. The van der Waals surface area contributed by atoms with E-state index >= 15 is 0 Å². The van der Waals surface area contributed by atoms with Gasteiger partial charge in [-0.15, -0.1) is 0 Å². The number of nitriles is 1. The minimum Gasteiger partial charge on any atom is -0.322 e. The van der Waals surface area contributed by atoms with E-state index in [9.17, 15) is 4.79 Å². The summed E-state index contributed by atoms with van der Waals surface area (Å²) in [4.78, 5) is 12.4. The monoisotopic (exact) mass is 338 g/mol. The van der Waals surface area contributed by atoms with E-state index in [2.05, 4.69) is 21.6 Å². The van der Waals surface area contributed by atoms with Gasteiger partial charge in [-0.2, -0.15) is 10.4 Å². The fourth-order valence-electron chi connectivity index (χ4n) is 2.77. The second-order valence-corrected chi connectivity index (χ2v) is 5.89. The average molecular weight is 338 g/mol. The number of aromatic nitrogens is 2. The van der Waals surface area contributed by atoms with E-state index < -0.39 is 0 Å². The van der Waals surface area contributed by atoms with Crippen LogP contribution >= 0.6 is 0 Å². The van der Waals surface area contributed by atoms with E-state index in [1.54, 1.807) is 30.5 Å². The first-order chi connectivity index (χ1) is 12.7. The van der Waals surface area contributed by atoms with Crippen molar-refractivity contribution in [3.63, 3.8) is 0 Å². The van der Waals surface area contributed by atoms with Gasteiger partial charge in [0, 0.05) is 16.6 Å². The van der Waals surface area contributed by atoms with Crippen LogP contribution in [0.4, 0.5) is 5.69 Å². The molecule has 1 amide bonds. The van der Waals surface area contributed by atoms with E-state index in [0.717, 1.165) is 27.7 Å². The summed E-state index contributed by atoms with van der Waals surface area (Å²) in [5.41, 5.74) is 4.84. The molecule has 0 fully saturated rings. The summed E-state index contributed by atoms with van der Waals surface area (Å²) < 4.78 is 0. The smallest absolute Gasteiger partial charge is 0.255 e. The molecule has 0 aliphatic heterocycles. The van der Waals surface area contributed by atoms with E-state index in [-0.39, 0.29) is 5.91 Å². The van der Waals surface area contributed by atoms with Crippen molar-refractivity contribution in [2.45, 2.75) is 0 Å². The summed E-state index contributed by atoms with van der Waals surface area (Å²) in [7, 11) is 0. The Morgan fingerprint density at radius 2 is 1.65 bits per heavy atom. The first-order valence-electron chi connectivity index (χ1n) is 8.08. The molecule has 1 aromatic heterocycles. The minimum atomic E-state index is -0.167. The number of nitrogens with zero attached hydrogens (tertiary/aromatic N) is 2. The largest absolute Gasteiger partial charge is 0.322 e. The summed E-state index contributed by atoms with van der Waals surface area (Å²) in [6.07, 6.45) is 1.72. The Balaban J connectivity index is 1.51. The number of nitrogens with one attached hydrogen (secondary N) is 2. The third-order valence-electron chi connectivity index (χ3n) is 4.19. The second kappa shape index (κ2) is 6.54. The lowest BCUT2D eigenvalue weighted by Gasteiger charge is -2.07. The summed E-state index contributed by atoms with van der Waals surface area (Å²) in [6.45, 7) is 0. The minimum absolute atomic E-state index is 0.167. The van der Waals surface area contributed by atoms with Gasteiger partial charge in [0.05, 0.1) is 23.3 Å². The fourth-order valence-corrected chi connectivity index (χ4v) is 2.77. The molecule has 0 radical (unpaired) electrons. The number of carbonyl (C=O) groups is 1. The zero-order chi connectivity index (χ0) is 17.9. The molecule has 0 saturated carbocycles. The Kier molecular flexibility index (Phi) is 3.92. The number of amides is 1. The molecule has 3 aromatic carbocycles. The van der Waals surface area contributed by atoms with Gasteiger partial charge in [0.15, 0.2) is 0 Å². The molecular formula is C21H14N4O. The highest BCUT2D eigenvalue weighted by Crippen LogP contribution is 2.21. The number of H-pyrrole nitrogens is 1. The van der Waals surface area contributed by atoms with Crippen LogP contribution in [0.25, 0.3) is 22.0 Å². The average Bonchev–Trinajstić information content (AvgIpc) is 3.16. The number of aromatic amines is 1. The topological polar surface area (TPSA) is 81.6 Å². The zero-order valence-electron chi connectivity index (χ0n) is 13.7. The Hall–Kier alpha value is -3.91. The predicted octanol–water partition coefficient (Wildman–Crippen LogP) is 4.35. The van der Waals surface area contributed by atoms with Crippen molar-refractivity contribution < 1.29 is 4.79 Å². The maximum absolute atomic E-state index is 12.4. The Labute approximate surface area is 149 Å². The zero-order valence-corrected chi connectivity index (χ0v) is 13.7. The van der Waals surface area contributed by atoms with Crippen molar-refractivity contribution in [2.75, 3.05) is 5.32 Å². The molecule has 0 saturated heterocycles. The highest BCUT2D eigenvalue weighted by atomic mass is 16.1. The van der Waals surface area contributed by atoms with Crippen molar-refractivity contribution in [1.82, 2.24) is 10.2 Å². The lowest BCUT2D eigenvalue weighted by atomic mass is 10.0. The number of carbonyl (C=O) groups excluding carboxylic acids is 1. The Morgan fingerprint density at radius 3 is 2.35 bits per heavy atom. The van der Waals surface area contributed by atoms with Crippen molar-refractivity contribution in [1.29, 1.82) is 5.26 Å². The summed E-state index contributed by atoms with van der Waals surface area (Å²) in [5.74, 6) is -0.167. The van der Waals surface area contributed by atoms with E-state index in [4.69, 9.17) is 5.26 Å². The van der Waals surface area contributed by atoms with Gasteiger partial charge >= 0.3 is 0 Å². The maximum Gasteiger partial charge on any atom is 0.255 e. The molecule has 0 spiro atoms. The van der Waals surface area contributed by atoms with Crippen LogP contribution in [0, 0.1) is 11.3 Å². The van der Waals surface area contributed by atoms with Gasteiger partial charge in [0.2, 0.25) is 0 Å². The highest BCUT2D eigenvalue weighted by Gasteiger charge is 2.08. The predicted molar refractivity (Wildman–Crippen MR) is 101 cm³/mol. The van der Waals surface area contributed by atoms with Gasteiger partial charge in [-0.25, -0.2) is 0 Å². The van der Waals surface area contributed by atoms with Gasteiger partial charge < -0.3 is 5.32 Å². The molecule has 4 rings (SSSR count). The number of hydrogen-bond acceptors (Lipinski definition) is 3. The molecule has 4 aromatic rings. The van der Waals surface area contributed by atoms with Crippen molar-refractivity contribution in [3.05, 3.63) is 84.1 Å². The molecule has 26 heavy (non-hydrogen) atoms. The molecule has 1 heterocycles. The van der Waals surface area contributed by atoms with Gasteiger partial charge in [-0.05, 0) is 53.6 Å². The molecule has 2 N–H and O–H groups in total. The molecule has 0 aliphatic carbocycles. The van der Waals surface area contributed by atoms with Gasteiger partial charge in [0.25, 0.3) is 5.91 Å². The molecule has 0 atom stereocenters. The molecular weight excluding hydrogens is 324 g/mol. The first kappa shape index (κ1) is 15.6. The van der Waals surface area contributed by atoms with Crippen LogP contribution in [0.1, 0.15) is 15.9 Å². The van der Waals surface area contributed by atoms with Crippen LogP contribution in [0.3, 0.4) is 0 Å². The van der Waals surface area contributed by atoms with E-state index in [1.807, 2.05) is 42.5 Å². The van der Waals surface area contributed by atoms with Gasteiger partial charge in [0.1, 0.15) is 0 Å². The normalized spacial score (nSPS) is 10.4. The number of hydrogen-bond donors (Lipinski definition) is 2. The lowest BCUT2D eigenvalue weighted by molar-refractivity contribution is 0.102. The SMILES string of the molecule is N#Cc1ccc(-c2ccc(C(=O)Nc3ccc4[nH]ncc4c3)cc2)cc1. The molecule has 124 valence electrons. The molecule has 5 nitrogen and oxygen atoms in total. The van der Waals surface area contributed by atoms with Crippen LogP contribution in [-0.4, -0.2) is 16.1 Å². The molecule has 0 unspecified atom stereocenters. The standard InChI is InChI=1S/C21H14N4O/c22-12-14-1-3-15(4-2-14)16-5-7-17(8-6-16)21(26)24-19-9-10-20-18(11-19)13-23-25-20/h1-11,13H,(H,23,25)(H,24,26). The van der Waals surface area contributed by atoms with Crippen LogP contribution in [-0.2, 0) is 0 Å². The summed E-state index contributed by atoms with van der Waals surface area (Å²) >= 11 is 0. The van der Waals surface area contributed by atoms with E-state index in [0.29, 0.717) is 11.1 Å². The quantitative estimate of drug-likeness (QED) is 0.582. The van der Waals surface area contributed by atoms with Crippen LogP contribution in [0.5, 0.6) is 0 Å². The second-order valence-electron chi connectivity index (χ2n) is 5.89. The number of anilines is 1. The van der Waals surface area contributed by atoms with Gasteiger partial charge in [-0.3, -0.25) is 9.89 Å². The van der Waals surface area contributed by atoms with Crippen molar-refractivity contribution in [3.8, 4) is 17.2 Å². The van der Waals surface area contributed by atoms with Crippen LogP contribution < -0.4 is 5.32 Å². The number of rotatable bonds is 3. The van der Waals surface area contributed by atoms with Crippen LogP contribution in [0.2, 0.25) is 0 Å². The number of fused-ring (bicyclic) bond motifs is 1. The fraction of sp³-hybridized carbons (Fsp3) is 0. The highest BCUT2D eigenvalue weighted by molar-refractivity contribution is 6.05. The molecule has 0 bridgehead atoms. The maximum atomic E-state index is 12.4. The Bertz CT molecular complexity index is 1120. The molecule has 0 aliphatic rings.